The van der Waals surface area contributed by atoms with Gasteiger partial charge >= 0.3 is 5.97 Å². The molecule has 148 valence electrons. The molecule has 0 heterocycles. The fourth-order valence-electron chi connectivity index (χ4n) is 4.02. The van der Waals surface area contributed by atoms with Crippen LogP contribution < -0.4 is 5.32 Å². The highest BCUT2D eigenvalue weighted by atomic mass is 16.6. The summed E-state index contributed by atoms with van der Waals surface area (Å²) < 4.78 is 4.84. The Morgan fingerprint density at radius 2 is 1.93 bits per heavy atom. The first-order chi connectivity index (χ1) is 13.0. The molecule has 0 radical (unpaired) electrons. The monoisotopic (exact) mass is 376 g/mol. The average molecular weight is 376 g/mol. The van der Waals surface area contributed by atoms with Crippen LogP contribution in [0.25, 0.3) is 0 Å². The molecule has 1 aliphatic carbocycles. The quantitative estimate of drug-likeness (QED) is 0.427. The third kappa shape index (κ3) is 5.52. The van der Waals surface area contributed by atoms with E-state index < -0.39 is 24.0 Å². The number of esters is 1. The largest absolute Gasteiger partial charge is 0.467 e. The predicted octanol–water partition coefficient (Wildman–Crippen LogP) is 2.75. The molecular formula is C20H28N2O5. The van der Waals surface area contributed by atoms with Crippen molar-refractivity contribution in [1.82, 2.24) is 5.32 Å². The van der Waals surface area contributed by atoms with E-state index in [1.807, 2.05) is 37.3 Å². The fourth-order valence-corrected chi connectivity index (χ4v) is 4.02. The van der Waals surface area contributed by atoms with Gasteiger partial charge in [-0.15, -0.1) is 0 Å². The molecule has 1 amide bonds. The van der Waals surface area contributed by atoms with Crippen LogP contribution in [0.3, 0.4) is 0 Å². The molecule has 0 saturated heterocycles. The molecule has 1 fully saturated rings. The second kappa shape index (κ2) is 10.0. The number of hydrogen-bond donors (Lipinski definition) is 1. The molecule has 1 aliphatic rings. The van der Waals surface area contributed by atoms with Crippen LogP contribution in [0.2, 0.25) is 0 Å². The standard InChI is InChI=1S/C20H28N2O5/c1-3-15(16-11-7-8-12-18(16)22(25)26)19(23)21-17(20(24)27-2)13-14-9-5-4-6-10-14/h4-6,9-10,15-18H,3,7-8,11-13H2,1-2H3,(H,21,23)/t15-,16-,17-,18-/m0/s1. The van der Waals surface area contributed by atoms with Crippen molar-refractivity contribution < 1.29 is 19.2 Å². The van der Waals surface area contributed by atoms with E-state index >= 15 is 0 Å². The van der Waals surface area contributed by atoms with Crippen molar-refractivity contribution in [2.45, 2.75) is 57.5 Å². The van der Waals surface area contributed by atoms with Gasteiger partial charge < -0.3 is 10.1 Å². The molecule has 2 rings (SSSR count). The normalized spacial score (nSPS) is 21.7. The Bertz CT molecular complexity index is 649. The van der Waals surface area contributed by atoms with Gasteiger partial charge in [-0.3, -0.25) is 14.9 Å². The van der Waals surface area contributed by atoms with Gasteiger partial charge in [0.15, 0.2) is 0 Å². The van der Waals surface area contributed by atoms with Gasteiger partial charge in [0.2, 0.25) is 11.9 Å². The third-order valence-electron chi connectivity index (χ3n) is 5.43. The van der Waals surface area contributed by atoms with Crippen LogP contribution in [0.15, 0.2) is 30.3 Å². The molecule has 1 N–H and O–H groups in total. The summed E-state index contributed by atoms with van der Waals surface area (Å²) in [6.07, 6.45) is 3.70. The van der Waals surface area contributed by atoms with E-state index in [-0.39, 0.29) is 16.7 Å². The minimum atomic E-state index is -0.809. The first kappa shape index (κ1) is 20.9. The number of rotatable bonds is 8. The van der Waals surface area contributed by atoms with Crippen LogP contribution in [0, 0.1) is 22.0 Å². The summed E-state index contributed by atoms with van der Waals surface area (Å²) in [6, 6.07) is 7.86. The fraction of sp³-hybridized carbons (Fsp3) is 0.600. The number of nitro groups is 1. The number of benzene rings is 1. The highest BCUT2D eigenvalue weighted by Gasteiger charge is 2.42. The van der Waals surface area contributed by atoms with E-state index in [9.17, 15) is 19.7 Å². The number of carbonyl (C=O) groups is 2. The maximum Gasteiger partial charge on any atom is 0.328 e. The highest BCUT2D eigenvalue weighted by Crippen LogP contribution is 2.34. The number of nitrogens with one attached hydrogen (secondary N) is 1. The zero-order chi connectivity index (χ0) is 19.8. The van der Waals surface area contributed by atoms with Crippen LogP contribution >= 0.6 is 0 Å². The van der Waals surface area contributed by atoms with Crippen molar-refractivity contribution in [2.75, 3.05) is 7.11 Å². The summed E-state index contributed by atoms with van der Waals surface area (Å²) in [4.78, 5) is 36.3. The maximum atomic E-state index is 12.9. The van der Waals surface area contributed by atoms with E-state index in [0.29, 0.717) is 25.7 Å². The third-order valence-corrected chi connectivity index (χ3v) is 5.43. The number of carbonyl (C=O) groups excluding carboxylic acids is 2. The first-order valence-corrected chi connectivity index (χ1v) is 9.53. The summed E-state index contributed by atoms with van der Waals surface area (Å²) in [6.45, 7) is 1.86. The number of hydrogen-bond acceptors (Lipinski definition) is 5. The molecule has 0 bridgehead atoms. The molecule has 0 aliphatic heterocycles. The van der Waals surface area contributed by atoms with Gasteiger partial charge in [0.1, 0.15) is 6.04 Å². The minimum absolute atomic E-state index is 0.248. The lowest BCUT2D eigenvalue weighted by Crippen LogP contribution is -2.49. The van der Waals surface area contributed by atoms with E-state index in [0.717, 1.165) is 18.4 Å². The number of ether oxygens (including phenoxy) is 1. The Morgan fingerprint density at radius 3 is 2.52 bits per heavy atom. The summed E-state index contributed by atoms with van der Waals surface area (Å²) in [5.41, 5.74) is 0.905. The molecule has 1 aromatic rings. The second-order valence-corrected chi connectivity index (χ2v) is 7.09. The minimum Gasteiger partial charge on any atom is -0.467 e. The van der Waals surface area contributed by atoms with Gasteiger partial charge in [0.25, 0.3) is 0 Å². The van der Waals surface area contributed by atoms with Crippen molar-refractivity contribution in [3.05, 3.63) is 46.0 Å². The molecule has 7 nitrogen and oxygen atoms in total. The average Bonchev–Trinajstić information content (AvgIpc) is 2.68. The van der Waals surface area contributed by atoms with E-state index in [1.54, 1.807) is 0 Å². The predicted molar refractivity (Wildman–Crippen MR) is 101 cm³/mol. The van der Waals surface area contributed by atoms with Gasteiger partial charge in [0.05, 0.1) is 7.11 Å². The van der Waals surface area contributed by atoms with Crippen molar-refractivity contribution in [1.29, 1.82) is 0 Å². The molecule has 27 heavy (non-hydrogen) atoms. The lowest BCUT2D eigenvalue weighted by molar-refractivity contribution is -0.537. The van der Waals surface area contributed by atoms with E-state index in [2.05, 4.69) is 5.32 Å². The molecule has 4 atom stereocenters. The Morgan fingerprint density at radius 1 is 1.26 bits per heavy atom. The molecule has 0 aromatic heterocycles. The van der Waals surface area contributed by atoms with Crippen molar-refractivity contribution >= 4 is 11.9 Å². The van der Waals surface area contributed by atoms with E-state index in [4.69, 9.17) is 4.74 Å². The molecule has 0 unspecified atom stereocenters. The summed E-state index contributed by atoms with van der Waals surface area (Å²) in [5, 5.41) is 14.2. The van der Waals surface area contributed by atoms with Gasteiger partial charge in [-0.2, -0.15) is 0 Å². The summed E-state index contributed by atoms with van der Waals surface area (Å²) in [7, 11) is 1.29. The van der Waals surface area contributed by atoms with Gasteiger partial charge in [-0.25, -0.2) is 4.79 Å². The highest BCUT2D eigenvalue weighted by molar-refractivity contribution is 5.86. The Balaban J connectivity index is 2.13. The van der Waals surface area contributed by atoms with Gasteiger partial charge in [0, 0.05) is 29.6 Å². The number of amides is 1. The van der Waals surface area contributed by atoms with Crippen LogP contribution in [-0.4, -0.2) is 36.0 Å². The van der Waals surface area contributed by atoms with Crippen molar-refractivity contribution in [3.8, 4) is 0 Å². The molecule has 1 saturated carbocycles. The smallest absolute Gasteiger partial charge is 0.328 e. The topological polar surface area (TPSA) is 98.5 Å². The zero-order valence-electron chi connectivity index (χ0n) is 15.9. The van der Waals surface area contributed by atoms with Gasteiger partial charge in [-0.05, 0) is 24.8 Å². The summed E-state index contributed by atoms with van der Waals surface area (Å²) in [5.74, 6) is -1.60. The van der Waals surface area contributed by atoms with Gasteiger partial charge in [-0.1, -0.05) is 43.7 Å². The lowest BCUT2D eigenvalue weighted by atomic mass is 9.75. The Kier molecular flexibility index (Phi) is 7.76. The van der Waals surface area contributed by atoms with E-state index in [1.165, 1.54) is 7.11 Å². The van der Waals surface area contributed by atoms with Crippen LogP contribution in [0.5, 0.6) is 0 Å². The number of methoxy groups -OCH3 is 1. The molecular weight excluding hydrogens is 348 g/mol. The molecule has 1 aromatic carbocycles. The molecule has 7 heteroatoms. The van der Waals surface area contributed by atoms with Crippen molar-refractivity contribution in [3.63, 3.8) is 0 Å². The maximum absolute atomic E-state index is 12.9. The SMILES string of the molecule is CC[C@H](C(=O)N[C@@H](Cc1ccccc1)C(=O)OC)[C@@H]1CCCC[C@@H]1[N+](=O)[O-]. The molecule has 0 spiro atoms. The van der Waals surface area contributed by atoms with Crippen LogP contribution in [-0.2, 0) is 20.7 Å². The second-order valence-electron chi connectivity index (χ2n) is 7.09. The Labute approximate surface area is 159 Å². The lowest BCUT2D eigenvalue weighted by Gasteiger charge is -2.31. The summed E-state index contributed by atoms with van der Waals surface area (Å²) >= 11 is 0. The zero-order valence-corrected chi connectivity index (χ0v) is 15.9. The first-order valence-electron chi connectivity index (χ1n) is 9.53. The van der Waals surface area contributed by atoms with Crippen LogP contribution in [0.1, 0.15) is 44.6 Å². The van der Waals surface area contributed by atoms with Crippen LogP contribution in [0.4, 0.5) is 0 Å². The van der Waals surface area contributed by atoms with Crippen molar-refractivity contribution in [2.24, 2.45) is 11.8 Å². The Hall–Kier alpha value is -2.44. The number of nitrogens with zero attached hydrogens (tertiary/aromatic N) is 1.